The molecule has 1 saturated carbocycles. The number of nitrogens with one attached hydrogen (secondary N) is 3. The second kappa shape index (κ2) is 9.16. The number of halogens is 1. The predicted molar refractivity (Wildman–Crippen MR) is 104 cm³/mol. The molecule has 1 aliphatic rings. The standard InChI is InChI=1S/C21H24FN3O2/c22-18-11-4-5-12-19(18)25-20(26)14-23-17-10-6-7-15(13-17)21(27)24-16-8-2-1-3-9-16/h4-7,10-13,16,23H,1-3,8-9,14H2,(H,24,27)(H,25,26). The summed E-state index contributed by atoms with van der Waals surface area (Å²) in [7, 11) is 0. The third kappa shape index (κ3) is 5.54. The maximum atomic E-state index is 13.6. The minimum atomic E-state index is -0.479. The van der Waals surface area contributed by atoms with Gasteiger partial charge in [-0.3, -0.25) is 9.59 Å². The van der Waals surface area contributed by atoms with Crippen molar-refractivity contribution in [3.63, 3.8) is 0 Å². The predicted octanol–water partition coefficient (Wildman–Crippen LogP) is 3.94. The summed E-state index contributed by atoms with van der Waals surface area (Å²) in [4.78, 5) is 24.4. The van der Waals surface area contributed by atoms with Gasteiger partial charge in [0.1, 0.15) is 5.82 Å². The summed E-state index contributed by atoms with van der Waals surface area (Å²) in [5, 5.41) is 8.56. The van der Waals surface area contributed by atoms with Crippen LogP contribution >= 0.6 is 0 Å². The average Bonchev–Trinajstić information content (AvgIpc) is 2.69. The summed E-state index contributed by atoms with van der Waals surface area (Å²) in [5.41, 5.74) is 1.36. The fourth-order valence-corrected chi connectivity index (χ4v) is 3.23. The fraction of sp³-hybridized carbons (Fsp3) is 0.333. The highest BCUT2D eigenvalue weighted by molar-refractivity contribution is 5.96. The average molecular weight is 369 g/mol. The first-order chi connectivity index (χ1) is 13.1. The van der Waals surface area contributed by atoms with Crippen molar-refractivity contribution < 1.29 is 14.0 Å². The molecule has 6 heteroatoms. The van der Waals surface area contributed by atoms with Crippen molar-refractivity contribution >= 4 is 23.2 Å². The second-order valence-corrected chi connectivity index (χ2v) is 6.77. The third-order valence-corrected chi connectivity index (χ3v) is 4.67. The Labute approximate surface area is 158 Å². The molecular weight excluding hydrogens is 345 g/mol. The summed E-state index contributed by atoms with van der Waals surface area (Å²) in [6.07, 6.45) is 5.60. The van der Waals surface area contributed by atoms with Crippen LogP contribution in [0.25, 0.3) is 0 Å². The molecule has 142 valence electrons. The van der Waals surface area contributed by atoms with Crippen LogP contribution in [0.2, 0.25) is 0 Å². The van der Waals surface area contributed by atoms with E-state index in [1.807, 2.05) is 0 Å². The third-order valence-electron chi connectivity index (χ3n) is 4.67. The molecule has 1 aliphatic carbocycles. The topological polar surface area (TPSA) is 70.2 Å². The Morgan fingerprint density at radius 1 is 1.00 bits per heavy atom. The molecule has 0 aromatic heterocycles. The van der Waals surface area contributed by atoms with Crippen LogP contribution in [0.3, 0.4) is 0 Å². The molecule has 2 aromatic carbocycles. The smallest absolute Gasteiger partial charge is 0.251 e. The summed E-state index contributed by atoms with van der Waals surface area (Å²) in [6, 6.07) is 13.3. The van der Waals surface area contributed by atoms with Crippen LogP contribution in [0.15, 0.2) is 48.5 Å². The summed E-state index contributed by atoms with van der Waals surface area (Å²) >= 11 is 0. The molecule has 0 radical (unpaired) electrons. The first kappa shape index (κ1) is 18.9. The van der Waals surface area contributed by atoms with Crippen molar-refractivity contribution in [2.45, 2.75) is 38.1 Å². The van der Waals surface area contributed by atoms with Crippen molar-refractivity contribution in [3.05, 3.63) is 59.9 Å². The van der Waals surface area contributed by atoms with Gasteiger partial charge >= 0.3 is 0 Å². The highest BCUT2D eigenvalue weighted by Crippen LogP contribution is 2.18. The number of para-hydroxylation sites is 1. The van der Waals surface area contributed by atoms with Crippen molar-refractivity contribution in [1.29, 1.82) is 0 Å². The number of amides is 2. The Hall–Kier alpha value is -2.89. The Morgan fingerprint density at radius 2 is 1.78 bits per heavy atom. The van der Waals surface area contributed by atoms with Gasteiger partial charge in [0, 0.05) is 17.3 Å². The Kier molecular flexibility index (Phi) is 6.41. The molecule has 2 aromatic rings. The van der Waals surface area contributed by atoms with Crippen LogP contribution in [0.5, 0.6) is 0 Å². The van der Waals surface area contributed by atoms with Crippen LogP contribution in [0, 0.1) is 5.82 Å². The molecule has 0 heterocycles. The van der Waals surface area contributed by atoms with E-state index in [1.54, 1.807) is 36.4 Å². The Balaban J connectivity index is 1.53. The van der Waals surface area contributed by atoms with E-state index in [2.05, 4.69) is 16.0 Å². The number of rotatable bonds is 6. The van der Waals surface area contributed by atoms with Crippen molar-refractivity contribution in [2.75, 3.05) is 17.2 Å². The van der Waals surface area contributed by atoms with Crippen molar-refractivity contribution in [1.82, 2.24) is 5.32 Å². The van der Waals surface area contributed by atoms with E-state index >= 15 is 0 Å². The molecule has 1 fully saturated rings. The lowest BCUT2D eigenvalue weighted by atomic mass is 9.95. The summed E-state index contributed by atoms with van der Waals surface area (Å²) < 4.78 is 13.6. The number of benzene rings is 2. The van der Waals surface area contributed by atoms with Gasteiger partial charge in [-0.1, -0.05) is 37.5 Å². The van der Waals surface area contributed by atoms with Gasteiger partial charge < -0.3 is 16.0 Å². The Morgan fingerprint density at radius 3 is 2.56 bits per heavy atom. The molecule has 0 spiro atoms. The molecule has 3 rings (SSSR count). The number of hydrogen-bond acceptors (Lipinski definition) is 3. The van der Waals surface area contributed by atoms with E-state index in [0.29, 0.717) is 11.3 Å². The van der Waals surface area contributed by atoms with Crippen LogP contribution in [0.1, 0.15) is 42.5 Å². The molecule has 5 nitrogen and oxygen atoms in total. The lowest BCUT2D eigenvalue weighted by Gasteiger charge is -2.22. The van der Waals surface area contributed by atoms with Crippen molar-refractivity contribution in [2.24, 2.45) is 0 Å². The van der Waals surface area contributed by atoms with Gasteiger partial charge in [-0.2, -0.15) is 0 Å². The molecule has 0 unspecified atom stereocenters. The van der Waals surface area contributed by atoms with E-state index in [0.717, 1.165) is 25.7 Å². The molecule has 0 bridgehead atoms. The zero-order valence-electron chi connectivity index (χ0n) is 15.1. The molecule has 3 N–H and O–H groups in total. The van der Waals surface area contributed by atoms with Crippen LogP contribution < -0.4 is 16.0 Å². The van der Waals surface area contributed by atoms with Gasteiger partial charge in [-0.05, 0) is 43.2 Å². The van der Waals surface area contributed by atoms with E-state index in [4.69, 9.17) is 0 Å². The monoisotopic (exact) mass is 369 g/mol. The molecule has 0 aliphatic heterocycles. The molecule has 2 amide bonds. The first-order valence-electron chi connectivity index (χ1n) is 9.31. The quantitative estimate of drug-likeness (QED) is 0.722. The normalized spacial score (nSPS) is 14.4. The van der Waals surface area contributed by atoms with Crippen LogP contribution in [-0.4, -0.2) is 24.4 Å². The van der Waals surface area contributed by atoms with Gasteiger partial charge in [-0.25, -0.2) is 4.39 Å². The van der Waals surface area contributed by atoms with E-state index in [-0.39, 0.29) is 30.1 Å². The number of hydrogen-bond donors (Lipinski definition) is 3. The lowest BCUT2D eigenvalue weighted by Crippen LogP contribution is -2.36. The van der Waals surface area contributed by atoms with Crippen molar-refractivity contribution in [3.8, 4) is 0 Å². The number of carbonyl (C=O) groups is 2. The van der Waals surface area contributed by atoms with Gasteiger partial charge in [0.15, 0.2) is 0 Å². The summed E-state index contributed by atoms with van der Waals surface area (Å²) in [5.74, 6) is -0.939. The largest absolute Gasteiger partial charge is 0.376 e. The maximum absolute atomic E-state index is 13.6. The molecule has 27 heavy (non-hydrogen) atoms. The second-order valence-electron chi connectivity index (χ2n) is 6.77. The first-order valence-corrected chi connectivity index (χ1v) is 9.31. The SMILES string of the molecule is O=C(CNc1cccc(C(=O)NC2CCCCC2)c1)Nc1ccccc1F. The zero-order valence-corrected chi connectivity index (χ0v) is 15.1. The minimum absolute atomic E-state index is 0.0258. The fourth-order valence-electron chi connectivity index (χ4n) is 3.23. The highest BCUT2D eigenvalue weighted by Gasteiger charge is 2.16. The van der Waals surface area contributed by atoms with E-state index in [9.17, 15) is 14.0 Å². The van der Waals surface area contributed by atoms with Gasteiger partial charge in [0.2, 0.25) is 5.91 Å². The Bertz CT molecular complexity index is 804. The molecular formula is C21H24FN3O2. The van der Waals surface area contributed by atoms with E-state index < -0.39 is 5.82 Å². The number of anilines is 2. The van der Waals surface area contributed by atoms with Crippen LogP contribution in [-0.2, 0) is 4.79 Å². The molecule has 0 atom stereocenters. The zero-order chi connectivity index (χ0) is 19.1. The van der Waals surface area contributed by atoms with Gasteiger partial charge in [0.05, 0.1) is 12.2 Å². The highest BCUT2D eigenvalue weighted by atomic mass is 19.1. The van der Waals surface area contributed by atoms with Gasteiger partial charge in [-0.15, -0.1) is 0 Å². The van der Waals surface area contributed by atoms with Gasteiger partial charge in [0.25, 0.3) is 5.91 Å². The van der Waals surface area contributed by atoms with Crippen LogP contribution in [0.4, 0.5) is 15.8 Å². The minimum Gasteiger partial charge on any atom is -0.376 e. The van der Waals surface area contributed by atoms with E-state index in [1.165, 1.54) is 18.6 Å². The summed E-state index contributed by atoms with van der Waals surface area (Å²) in [6.45, 7) is -0.0258. The molecule has 0 saturated heterocycles. The maximum Gasteiger partial charge on any atom is 0.251 e. The lowest BCUT2D eigenvalue weighted by molar-refractivity contribution is -0.114. The number of carbonyl (C=O) groups excluding carboxylic acids is 2.